The van der Waals surface area contributed by atoms with Crippen LogP contribution in [0.4, 0.5) is 28.4 Å². The average Bonchev–Trinajstić information content (AvgIpc) is 4.05. The number of methoxy groups -OCH3 is 2. The van der Waals surface area contributed by atoms with E-state index in [9.17, 15) is 28.8 Å². The van der Waals surface area contributed by atoms with Crippen LogP contribution in [0, 0.1) is 0 Å². The maximum absolute atomic E-state index is 13.9. The highest BCUT2D eigenvalue weighted by Crippen LogP contribution is 2.39. The normalized spacial score (nSPS) is 15.0. The summed E-state index contributed by atoms with van der Waals surface area (Å²) in [5.74, 6) is -0.707. The molecule has 3 aliphatic rings. The van der Waals surface area contributed by atoms with Crippen LogP contribution >= 0.6 is 0 Å². The van der Waals surface area contributed by atoms with Gasteiger partial charge in [-0.15, -0.1) is 0 Å². The van der Waals surface area contributed by atoms with Gasteiger partial charge in [-0.1, -0.05) is 36.4 Å². The van der Waals surface area contributed by atoms with Gasteiger partial charge in [0.25, 0.3) is 5.91 Å². The first kappa shape index (κ1) is 47.5. The lowest BCUT2D eigenvalue weighted by Gasteiger charge is -2.23. The first-order chi connectivity index (χ1) is 33.4. The maximum atomic E-state index is 13.9. The van der Waals surface area contributed by atoms with Gasteiger partial charge in [0, 0.05) is 87.6 Å². The third-order valence-corrected chi connectivity index (χ3v) is 12.7. The highest BCUT2D eigenvalue weighted by molar-refractivity contribution is 6.12. The minimum atomic E-state index is -1.32. The van der Waals surface area contributed by atoms with Crippen molar-refractivity contribution in [3.8, 4) is 23.0 Å². The third kappa shape index (κ3) is 10.3. The summed E-state index contributed by atoms with van der Waals surface area (Å²) in [5, 5.41) is 2.94. The number of anilines is 4. The molecule has 69 heavy (non-hydrogen) atoms. The van der Waals surface area contributed by atoms with Gasteiger partial charge in [0.15, 0.2) is 40.9 Å². The van der Waals surface area contributed by atoms with Crippen molar-refractivity contribution in [1.82, 2.24) is 0 Å². The van der Waals surface area contributed by atoms with Crippen molar-refractivity contribution in [1.29, 1.82) is 0 Å². The Kier molecular flexibility index (Phi) is 14.4. The largest absolute Gasteiger partial charge is 0.493 e. The summed E-state index contributed by atoms with van der Waals surface area (Å²) in [6.07, 6.45) is 1.07. The molecule has 0 aromatic heterocycles. The van der Waals surface area contributed by atoms with Crippen LogP contribution in [0.15, 0.2) is 96.0 Å². The number of ketones is 2. The molecule has 5 aromatic rings. The van der Waals surface area contributed by atoms with E-state index in [-0.39, 0.29) is 78.6 Å². The molecule has 1 atom stereocenters. The molecular weight excluding hydrogens is 883 g/mol. The van der Waals surface area contributed by atoms with Crippen LogP contribution in [-0.2, 0) is 50.0 Å². The predicted molar refractivity (Wildman–Crippen MR) is 260 cm³/mol. The van der Waals surface area contributed by atoms with E-state index in [1.165, 1.54) is 20.3 Å². The number of hydrogen-bond donors (Lipinski definition) is 1. The smallest absolute Gasteiger partial charge is 0.307 e. The summed E-state index contributed by atoms with van der Waals surface area (Å²) in [6.45, 7) is 4.72. The van der Waals surface area contributed by atoms with E-state index in [0.717, 1.165) is 40.2 Å². The number of rotatable bonds is 19. The lowest BCUT2D eigenvalue weighted by molar-refractivity contribution is -0.157. The molecule has 1 fully saturated rings. The van der Waals surface area contributed by atoms with Crippen LogP contribution in [0.25, 0.3) is 0 Å². The molecule has 2 heterocycles. The molecule has 0 bridgehead atoms. The Morgan fingerprint density at radius 3 is 2.10 bits per heavy atom. The third-order valence-electron chi connectivity index (χ3n) is 12.7. The van der Waals surface area contributed by atoms with Crippen LogP contribution in [0.2, 0.25) is 0 Å². The van der Waals surface area contributed by atoms with Gasteiger partial charge in [-0.3, -0.25) is 33.8 Å². The minimum absolute atomic E-state index is 0.0121. The minimum Gasteiger partial charge on any atom is -0.493 e. The number of amides is 2. The Balaban J connectivity index is 1.02. The highest BCUT2D eigenvalue weighted by atomic mass is 16.6. The zero-order valence-electron chi connectivity index (χ0n) is 39.0. The fourth-order valence-corrected chi connectivity index (χ4v) is 8.95. The Labute approximate surface area is 399 Å². The van der Waals surface area contributed by atoms with Gasteiger partial charge >= 0.3 is 5.97 Å². The zero-order chi connectivity index (χ0) is 48.8. The Morgan fingerprint density at radius 1 is 0.812 bits per heavy atom. The molecule has 0 saturated heterocycles. The predicted octanol–water partition coefficient (Wildman–Crippen LogP) is 7.27. The van der Waals surface area contributed by atoms with Crippen LogP contribution in [0.1, 0.15) is 68.7 Å². The van der Waals surface area contributed by atoms with Gasteiger partial charge in [0.1, 0.15) is 19.3 Å². The second kappa shape index (κ2) is 20.9. The lowest BCUT2D eigenvalue weighted by Crippen LogP contribution is -2.39. The average molecular weight is 936 g/mol. The topological polar surface area (TPSA) is 183 Å². The fraction of sp³-hybridized carbons (Fsp3) is 0.302. The van der Waals surface area contributed by atoms with Gasteiger partial charge in [-0.05, 0) is 84.3 Å². The van der Waals surface area contributed by atoms with E-state index in [1.54, 1.807) is 23.1 Å². The molecule has 16 heteroatoms. The molecular formula is C53H53N5O11. The van der Waals surface area contributed by atoms with Crippen molar-refractivity contribution in [2.24, 2.45) is 4.99 Å². The Bertz CT molecular complexity index is 2830. The quantitative estimate of drug-likeness (QED) is 0.0378. The first-order valence-corrected chi connectivity index (χ1v) is 22.6. The number of aliphatic imine (C=N–C) groups is 1. The number of aldehydes is 1. The molecule has 1 saturated carbocycles. The SMILES string of the molecule is C=Nc1cc(OCc2cc(COc3cc(NC(=O)C4Cc5ccccc5N4C)c(C=O)cc3OC)cc(N(C)CCCC(=O)OC3C(=O)CCC3=O)c2)c(OC)cc1C(=O)N1CCc2ccccc21. The molecule has 1 unspecified atom stereocenters. The van der Waals surface area contributed by atoms with Gasteiger partial charge in [0.2, 0.25) is 12.0 Å². The summed E-state index contributed by atoms with van der Waals surface area (Å²) in [6, 6.07) is 27.2. The molecule has 1 N–H and O–H groups in total. The summed E-state index contributed by atoms with van der Waals surface area (Å²) in [7, 11) is 6.67. The maximum Gasteiger partial charge on any atom is 0.307 e. The number of para-hydroxylation sites is 2. The number of nitrogens with one attached hydrogen (secondary N) is 1. The number of hydrogen-bond acceptors (Lipinski definition) is 14. The Hall–Kier alpha value is -8.01. The first-order valence-electron chi connectivity index (χ1n) is 22.6. The van der Waals surface area contributed by atoms with E-state index >= 15 is 0 Å². The molecule has 0 spiro atoms. The molecule has 8 rings (SSSR count). The number of carbonyl (C=O) groups is 6. The van der Waals surface area contributed by atoms with E-state index in [0.29, 0.717) is 60.5 Å². The molecule has 2 aliphatic heterocycles. The van der Waals surface area contributed by atoms with Gasteiger partial charge in [-0.2, -0.15) is 0 Å². The highest BCUT2D eigenvalue weighted by Gasteiger charge is 2.36. The van der Waals surface area contributed by atoms with Crippen molar-refractivity contribution in [2.45, 2.75) is 63.9 Å². The molecule has 1 aliphatic carbocycles. The van der Waals surface area contributed by atoms with Crippen molar-refractivity contribution in [2.75, 3.05) is 61.4 Å². The molecule has 356 valence electrons. The number of esters is 1. The number of likely N-dealkylation sites (N-methyl/N-ethyl adjacent to an activating group) is 1. The van der Waals surface area contributed by atoms with Crippen LogP contribution in [0.5, 0.6) is 23.0 Å². The van der Waals surface area contributed by atoms with Crippen molar-refractivity contribution < 1.29 is 52.5 Å². The second-order valence-corrected chi connectivity index (χ2v) is 17.1. The van der Waals surface area contributed by atoms with Gasteiger partial charge in [-0.25, -0.2) is 0 Å². The number of carbonyl (C=O) groups excluding carboxylic acids is 6. The monoisotopic (exact) mass is 935 g/mol. The van der Waals surface area contributed by atoms with Crippen LogP contribution in [0.3, 0.4) is 0 Å². The lowest BCUT2D eigenvalue weighted by atomic mass is 10.1. The number of Topliss-reactive ketones (excluding diaryl/α,β-unsaturated/α-hetero) is 2. The van der Waals surface area contributed by atoms with Crippen molar-refractivity contribution in [3.63, 3.8) is 0 Å². The summed E-state index contributed by atoms with van der Waals surface area (Å²) >= 11 is 0. The zero-order valence-corrected chi connectivity index (χ0v) is 39.0. The summed E-state index contributed by atoms with van der Waals surface area (Å²) < 4.78 is 29.4. The van der Waals surface area contributed by atoms with Gasteiger partial charge in [0.05, 0.1) is 31.2 Å². The van der Waals surface area contributed by atoms with Crippen LogP contribution in [-0.4, -0.2) is 95.9 Å². The number of fused-ring (bicyclic) bond motifs is 2. The van der Waals surface area contributed by atoms with E-state index in [2.05, 4.69) is 17.0 Å². The fourth-order valence-electron chi connectivity index (χ4n) is 8.95. The number of ether oxygens (including phenoxy) is 5. The molecule has 16 nitrogen and oxygen atoms in total. The van der Waals surface area contributed by atoms with Crippen molar-refractivity contribution in [3.05, 3.63) is 124 Å². The van der Waals surface area contributed by atoms with Crippen molar-refractivity contribution >= 4 is 70.8 Å². The molecule has 5 aromatic carbocycles. The second-order valence-electron chi connectivity index (χ2n) is 17.1. The molecule has 2 amide bonds. The number of nitrogens with zero attached hydrogens (tertiary/aromatic N) is 4. The van der Waals surface area contributed by atoms with Gasteiger partial charge < -0.3 is 43.7 Å². The summed E-state index contributed by atoms with van der Waals surface area (Å²) in [4.78, 5) is 86.5. The summed E-state index contributed by atoms with van der Waals surface area (Å²) in [5.41, 5.74) is 7.24. The molecule has 0 radical (unpaired) electrons. The van der Waals surface area contributed by atoms with E-state index in [4.69, 9.17) is 23.7 Å². The van der Waals surface area contributed by atoms with E-state index in [1.807, 2.05) is 90.6 Å². The number of benzene rings is 5. The van der Waals surface area contributed by atoms with Crippen LogP contribution < -0.4 is 39.0 Å². The Morgan fingerprint density at radius 2 is 1.45 bits per heavy atom. The van der Waals surface area contributed by atoms with E-state index < -0.39 is 18.1 Å². The standard InChI is InChI=1S/C53H53N5O11/c1-54-40-28-49(47(66-5)26-38(40)53(64)58-20-18-34-11-6-9-14-42(34)58)68-31-33-21-32(22-37(23-33)56(2)19-10-15-50(62)69-51-44(60)16-17-45(51)61)30-67-48-27-39(36(29-59)25-46(48)65-4)55-52(63)43-24-35-12-7-8-13-41(35)57(43)3/h6-9,11-14,21-23,25-29,43,51H,1,10,15-20,24,30-31H2,2-5H3,(H,55,63).